The van der Waals surface area contributed by atoms with Crippen LogP contribution in [0.25, 0.3) is 11.4 Å². The van der Waals surface area contributed by atoms with Gasteiger partial charge in [-0.3, -0.25) is 0 Å². The van der Waals surface area contributed by atoms with Gasteiger partial charge in [0, 0.05) is 17.3 Å². The van der Waals surface area contributed by atoms with Gasteiger partial charge in [0.05, 0.1) is 12.2 Å². The largest absolute Gasteiger partial charge is 0.394 e. The number of ether oxygens (including phenoxy) is 1. The number of aromatic nitrogens is 2. The second kappa shape index (κ2) is 5.64. The average molecular weight is 326 g/mol. The molecule has 8 heteroatoms. The number of aromatic amines is 1. The number of rotatable bonds is 2. The Morgan fingerprint density at radius 2 is 2.14 bits per heavy atom. The molecule has 3 rings (SSSR count). The number of aliphatic hydroxyl groups is 3. The molecule has 0 aromatic carbocycles. The van der Waals surface area contributed by atoms with Crippen LogP contribution in [0.3, 0.4) is 0 Å². The highest BCUT2D eigenvalue weighted by Crippen LogP contribution is 2.36. The van der Waals surface area contributed by atoms with E-state index in [4.69, 9.17) is 22.1 Å². The number of hydrogen-bond donors (Lipinski definition) is 4. The van der Waals surface area contributed by atoms with E-state index in [0.717, 1.165) is 0 Å². The Morgan fingerprint density at radius 1 is 1.41 bits per heavy atom. The van der Waals surface area contributed by atoms with Gasteiger partial charge >= 0.3 is 0 Å². The van der Waals surface area contributed by atoms with Gasteiger partial charge in [-0.1, -0.05) is 12.2 Å². The van der Waals surface area contributed by atoms with Gasteiger partial charge in [-0.25, -0.2) is 9.37 Å². The van der Waals surface area contributed by atoms with Crippen molar-refractivity contribution in [2.45, 2.75) is 31.3 Å². The normalized spacial score (nSPS) is 28.4. The molecular formula is C14H15FN2O4S. The molecule has 118 valence electrons. The highest BCUT2D eigenvalue weighted by molar-refractivity contribution is 7.71. The molecule has 22 heavy (non-hydrogen) atoms. The quantitative estimate of drug-likeness (QED) is 0.611. The highest BCUT2D eigenvalue weighted by Gasteiger charge is 2.43. The summed E-state index contributed by atoms with van der Waals surface area (Å²) in [5, 5.41) is 29.0. The van der Waals surface area contributed by atoms with Gasteiger partial charge in [0.2, 0.25) is 0 Å². The molecule has 3 aliphatic rings. The molecule has 0 bridgehead atoms. The molecule has 1 fully saturated rings. The molecule has 0 radical (unpaired) electrons. The van der Waals surface area contributed by atoms with Crippen LogP contribution in [0.15, 0.2) is 12.3 Å². The molecule has 0 saturated carbocycles. The Hall–Kier alpha value is -1.45. The number of aryl methyl sites for hydroxylation is 1. The van der Waals surface area contributed by atoms with Crippen LogP contribution in [0.4, 0.5) is 4.39 Å². The summed E-state index contributed by atoms with van der Waals surface area (Å²) in [6, 6.07) is 1.46. The topological polar surface area (TPSA) is 98.6 Å². The lowest BCUT2D eigenvalue weighted by molar-refractivity contribution is -0.0229. The van der Waals surface area contributed by atoms with Crippen LogP contribution in [-0.2, 0) is 4.74 Å². The third-order valence-electron chi connectivity index (χ3n) is 3.87. The van der Waals surface area contributed by atoms with Crippen LogP contribution in [0.2, 0.25) is 0 Å². The molecule has 0 spiro atoms. The smallest absolute Gasteiger partial charge is 0.141 e. The second-order valence-corrected chi connectivity index (χ2v) is 5.71. The van der Waals surface area contributed by atoms with E-state index in [-0.39, 0.29) is 10.2 Å². The molecule has 0 aromatic rings. The van der Waals surface area contributed by atoms with Crippen molar-refractivity contribution in [3.05, 3.63) is 33.8 Å². The summed E-state index contributed by atoms with van der Waals surface area (Å²) in [6.07, 6.45) is -2.90. The first kappa shape index (κ1) is 15.4. The van der Waals surface area contributed by atoms with Crippen molar-refractivity contribution >= 4 is 12.2 Å². The fourth-order valence-corrected chi connectivity index (χ4v) is 2.87. The van der Waals surface area contributed by atoms with Crippen molar-refractivity contribution in [2.75, 3.05) is 6.61 Å². The number of pyridine rings is 2. The number of H-pyrrole nitrogens is 1. The summed E-state index contributed by atoms with van der Waals surface area (Å²) in [6.45, 7) is 1.17. The molecular weight excluding hydrogens is 311 g/mol. The van der Waals surface area contributed by atoms with Crippen molar-refractivity contribution in [1.82, 2.24) is 9.97 Å². The predicted molar refractivity (Wildman–Crippen MR) is 77.5 cm³/mol. The van der Waals surface area contributed by atoms with Gasteiger partial charge in [0.25, 0.3) is 0 Å². The minimum absolute atomic E-state index is 0.141. The van der Waals surface area contributed by atoms with E-state index >= 15 is 0 Å². The predicted octanol–water partition coefficient (Wildman–Crippen LogP) is 0.846. The van der Waals surface area contributed by atoms with Crippen LogP contribution >= 0.6 is 12.2 Å². The number of hydrogen-bond acceptors (Lipinski definition) is 6. The first-order valence-electron chi connectivity index (χ1n) is 6.75. The molecule has 3 heterocycles. The summed E-state index contributed by atoms with van der Waals surface area (Å²) in [5.41, 5.74) is 0.947. The summed E-state index contributed by atoms with van der Waals surface area (Å²) in [5.74, 6) is -0.146. The molecule has 4 atom stereocenters. The van der Waals surface area contributed by atoms with Gasteiger partial charge in [-0.2, -0.15) is 0 Å². The zero-order valence-corrected chi connectivity index (χ0v) is 12.5. The first-order valence-corrected chi connectivity index (χ1v) is 7.15. The standard InChI is InChI=1S/C14H15FN2O4S/c1-5-3-16-13-6(9(5)15)2-7(14(22)17-13)12-11(20)10(19)8(4-18)21-12/h2-3,8,10-12,18-20H,4H2,1H3,(H,16,17,22)/t8-,10?,11+,12+/m1/s1. The second-order valence-electron chi connectivity index (χ2n) is 5.32. The molecule has 1 unspecified atom stereocenters. The minimum Gasteiger partial charge on any atom is -0.394 e. The Morgan fingerprint density at radius 3 is 2.77 bits per heavy atom. The van der Waals surface area contributed by atoms with Crippen molar-refractivity contribution in [3.63, 3.8) is 0 Å². The molecule has 6 nitrogen and oxygen atoms in total. The summed E-state index contributed by atoms with van der Waals surface area (Å²) < 4.78 is 19.8. The van der Waals surface area contributed by atoms with Crippen LogP contribution < -0.4 is 0 Å². The third-order valence-corrected chi connectivity index (χ3v) is 4.20. The summed E-state index contributed by atoms with van der Waals surface area (Å²) in [4.78, 5) is 6.96. The monoisotopic (exact) mass is 326 g/mol. The van der Waals surface area contributed by atoms with Gasteiger partial charge in [-0.15, -0.1) is 0 Å². The minimum atomic E-state index is -1.27. The lowest BCUT2D eigenvalue weighted by atomic mass is 10.0. The van der Waals surface area contributed by atoms with Gasteiger partial charge in [-0.05, 0) is 13.0 Å². The number of aliphatic hydroxyl groups excluding tert-OH is 3. The van der Waals surface area contributed by atoms with E-state index in [1.165, 1.54) is 12.3 Å². The van der Waals surface area contributed by atoms with E-state index < -0.39 is 36.8 Å². The van der Waals surface area contributed by atoms with Crippen molar-refractivity contribution in [2.24, 2.45) is 0 Å². The zero-order valence-electron chi connectivity index (χ0n) is 11.7. The van der Waals surface area contributed by atoms with E-state index in [1.54, 1.807) is 6.92 Å². The molecule has 0 aromatic heterocycles. The summed E-state index contributed by atoms with van der Waals surface area (Å²) >= 11 is 5.17. The molecule has 3 aliphatic heterocycles. The lowest BCUT2D eigenvalue weighted by Crippen LogP contribution is -2.32. The van der Waals surface area contributed by atoms with Gasteiger partial charge < -0.3 is 25.0 Å². The number of fused-ring (bicyclic) bond motifs is 1. The van der Waals surface area contributed by atoms with E-state index in [1.807, 2.05) is 0 Å². The van der Waals surface area contributed by atoms with Crippen molar-refractivity contribution in [1.29, 1.82) is 0 Å². The zero-order chi connectivity index (χ0) is 16.0. The average Bonchev–Trinajstić information content (AvgIpc) is 2.79. The molecule has 1 saturated heterocycles. The van der Waals surface area contributed by atoms with Gasteiger partial charge in [0.1, 0.15) is 40.7 Å². The SMILES string of the molecule is Cc1c[nH]c2nc(=S)c([C@@H]3O[C@H](CO)C(O)[C@@H]3O)cc-2c1F. The molecule has 0 amide bonds. The van der Waals surface area contributed by atoms with E-state index in [2.05, 4.69) is 9.97 Å². The maximum atomic E-state index is 14.2. The van der Waals surface area contributed by atoms with Crippen LogP contribution in [-0.4, -0.2) is 50.2 Å². The van der Waals surface area contributed by atoms with Crippen LogP contribution in [0.1, 0.15) is 17.2 Å². The van der Waals surface area contributed by atoms with Crippen molar-refractivity contribution in [3.8, 4) is 11.4 Å². The fourth-order valence-electron chi connectivity index (χ4n) is 2.60. The molecule has 0 aliphatic carbocycles. The Labute approximate surface area is 130 Å². The van der Waals surface area contributed by atoms with E-state index in [0.29, 0.717) is 17.0 Å². The number of nitrogens with one attached hydrogen (secondary N) is 1. The number of halogens is 1. The fraction of sp³-hybridized carbons (Fsp3) is 0.429. The lowest BCUT2D eigenvalue weighted by Gasteiger charge is -2.17. The highest BCUT2D eigenvalue weighted by atomic mass is 32.1. The van der Waals surface area contributed by atoms with Crippen molar-refractivity contribution < 1.29 is 24.4 Å². The van der Waals surface area contributed by atoms with Gasteiger partial charge in [0.15, 0.2) is 0 Å². The maximum Gasteiger partial charge on any atom is 0.141 e. The number of nitrogens with zero attached hydrogens (tertiary/aromatic N) is 1. The molecule has 4 N–H and O–H groups in total. The maximum absolute atomic E-state index is 14.2. The Kier molecular flexibility index (Phi) is 3.96. The Balaban J connectivity index is 2.12. The Bertz CT molecular complexity index is 738. The summed E-state index contributed by atoms with van der Waals surface area (Å²) in [7, 11) is 0. The van der Waals surface area contributed by atoms with Crippen LogP contribution in [0.5, 0.6) is 0 Å². The first-order chi connectivity index (χ1) is 10.4. The van der Waals surface area contributed by atoms with E-state index in [9.17, 15) is 14.6 Å². The van der Waals surface area contributed by atoms with Crippen LogP contribution in [0, 0.1) is 17.4 Å². The third kappa shape index (κ3) is 2.33.